The smallest absolute Gasteiger partial charge is 0.237 e. The Bertz CT molecular complexity index is 387. The number of fused-ring (bicyclic) bond motifs is 1. The molecule has 2 rings (SSSR count). The lowest BCUT2D eigenvalue weighted by molar-refractivity contribution is -0.123. The van der Waals surface area contributed by atoms with Crippen LogP contribution in [0.1, 0.15) is 50.0 Å². The summed E-state index contributed by atoms with van der Waals surface area (Å²) in [5.74, 6) is 0.955. The highest BCUT2D eigenvalue weighted by Gasteiger charge is 2.25. The molecule has 4 heteroatoms. The van der Waals surface area contributed by atoms with Gasteiger partial charge in [0.05, 0.1) is 18.3 Å². The van der Waals surface area contributed by atoms with Gasteiger partial charge in [-0.15, -0.1) is 0 Å². The molecular weight excluding hydrogens is 216 g/mol. The first-order chi connectivity index (χ1) is 8.22. The van der Waals surface area contributed by atoms with Gasteiger partial charge in [0.1, 0.15) is 5.76 Å². The Kier molecular flexibility index (Phi) is 3.84. The highest BCUT2D eigenvalue weighted by Crippen LogP contribution is 2.30. The lowest BCUT2D eigenvalue weighted by Crippen LogP contribution is -2.42. The summed E-state index contributed by atoms with van der Waals surface area (Å²) >= 11 is 0. The van der Waals surface area contributed by atoms with E-state index >= 15 is 0 Å². The first-order valence-electron chi connectivity index (χ1n) is 6.34. The zero-order valence-electron chi connectivity index (χ0n) is 10.2. The van der Waals surface area contributed by atoms with Crippen molar-refractivity contribution >= 4 is 5.91 Å². The van der Waals surface area contributed by atoms with Crippen molar-refractivity contribution in [1.82, 2.24) is 5.32 Å². The van der Waals surface area contributed by atoms with Crippen molar-refractivity contribution in [1.29, 1.82) is 0 Å². The van der Waals surface area contributed by atoms with Gasteiger partial charge in [0, 0.05) is 12.0 Å². The number of nitrogens with one attached hydrogen (secondary N) is 1. The number of carbonyl (C=O) groups is 1. The van der Waals surface area contributed by atoms with Crippen LogP contribution < -0.4 is 11.1 Å². The van der Waals surface area contributed by atoms with Crippen LogP contribution in [-0.4, -0.2) is 11.9 Å². The SMILES string of the molecule is CCCC(N)C(=O)NC1CCCc2occc21. The molecule has 0 aliphatic heterocycles. The molecule has 1 aromatic rings. The molecule has 1 heterocycles. The fraction of sp³-hybridized carbons (Fsp3) is 0.615. The fourth-order valence-corrected chi connectivity index (χ4v) is 2.36. The van der Waals surface area contributed by atoms with Crippen molar-refractivity contribution < 1.29 is 9.21 Å². The second kappa shape index (κ2) is 5.36. The van der Waals surface area contributed by atoms with E-state index < -0.39 is 6.04 Å². The lowest BCUT2D eigenvalue weighted by Gasteiger charge is -2.24. The average molecular weight is 236 g/mol. The summed E-state index contributed by atoms with van der Waals surface area (Å²) in [4.78, 5) is 11.9. The maximum absolute atomic E-state index is 11.9. The zero-order valence-corrected chi connectivity index (χ0v) is 10.2. The molecule has 94 valence electrons. The van der Waals surface area contributed by atoms with Crippen LogP contribution in [0.25, 0.3) is 0 Å². The Labute approximate surface area is 102 Å². The van der Waals surface area contributed by atoms with Crippen molar-refractivity contribution in [3.63, 3.8) is 0 Å². The molecule has 0 radical (unpaired) electrons. The third kappa shape index (κ3) is 2.69. The topological polar surface area (TPSA) is 68.3 Å². The molecule has 0 fully saturated rings. The molecule has 2 unspecified atom stereocenters. The molecule has 4 nitrogen and oxygen atoms in total. The molecule has 0 spiro atoms. The van der Waals surface area contributed by atoms with Crippen LogP contribution in [0.2, 0.25) is 0 Å². The van der Waals surface area contributed by atoms with Gasteiger partial charge in [0.2, 0.25) is 5.91 Å². The number of nitrogens with two attached hydrogens (primary N) is 1. The number of hydrogen-bond donors (Lipinski definition) is 2. The van der Waals surface area contributed by atoms with Crippen molar-refractivity contribution in [2.45, 2.75) is 51.1 Å². The highest BCUT2D eigenvalue weighted by molar-refractivity contribution is 5.81. The van der Waals surface area contributed by atoms with Crippen LogP contribution in [0.3, 0.4) is 0 Å². The largest absolute Gasteiger partial charge is 0.469 e. The molecule has 0 saturated heterocycles. The molecule has 0 bridgehead atoms. The number of carbonyl (C=O) groups excluding carboxylic acids is 1. The summed E-state index contributed by atoms with van der Waals surface area (Å²) in [6.07, 6.45) is 6.34. The monoisotopic (exact) mass is 236 g/mol. The summed E-state index contributed by atoms with van der Waals surface area (Å²) in [5, 5.41) is 3.02. The van der Waals surface area contributed by atoms with E-state index in [0.29, 0.717) is 0 Å². The summed E-state index contributed by atoms with van der Waals surface area (Å²) in [6.45, 7) is 2.03. The first-order valence-corrected chi connectivity index (χ1v) is 6.34. The number of rotatable bonds is 4. The normalized spacial score (nSPS) is 20.7. The van der Waals surface area contributed by atoms with Gasteiger partial charge >= 0.3 is 0 Å². The average Bonchev–Trinajstić information content (AvgIpc) is 2.78. The van der Waals surface area contributed by atoms with Gasteiger partial charge in [-0.2, -0.15) is 0 Å². The van der Waals surface area contributed by atoms with Gasteiger partial charge in [-0.05, 0) is 25.3 Å². The van der Waals surface area contributed by atoms with Crippen LogP contribution in [0.15, 0.2) is 16.7 Å². The molecule has 0 aromatic carbocycles. The Morgan fingerprint density at radius 1 is 1.71 bits per heavy atom. The van der Waals surface area contributed by atoms with Crippen LogP contribution in [0.5, 0.6) is 0 Å². The minimum Gasteiger partial charge on any atom is -0.469 e. The number of amides is 1. The van der Waals surface area contributed by atoms with Gasteiger partial charge in [-0.1, -0.05) is 13.3 Å². The van der Waals surface area contributed by atoms with Crippen LogP contribution in [0.4, 0.5) is 0 Å². The summed E-state index contributed by atoms with van der Waals surface area (Å²) in [5.41, 5.74) is 6.92. The first kappa shape index (κ1) is 12.2. The molecule has 17 heavy (non-hydrogen) atoms. The van der Waals surface area contributed by atoms with Crippen LogP contribution in [0, 0.1) is 0 Å². The van der Waals surface area contributed by atoms with Crippen molar-refractivity contribution in [3.8, 4) is 0 Å². The second-order valence-electron chi connectivity index (χ2n) is 4.65. The fourth-order valence-electron chi connectivity index (χ4n) is 2.36. The quantitative estimate of drug-likeness (QED) is 0.839. The van der Waals surface area contributed by atoms with E-state index in [0.717, 1.165) is 43.4 Å². The molecule has 0 saturated carbocycles. The van der Waals surface area contributed by atoms with Gasteiger partial charge in [0.25, 0.3) is 0 Å². The van der Waals surface area contributed by atoms with E-state index in [9.17, 15) is 4.79 Å². The predicted octanol–water partition coefficient (Wildman–Crippen LogP) is 1.90. The van der Waals surface area contributed by atoms with Gasteiger partial charge in [0.15, 0.2) is 0 Å². The van der Waals surface area contributed by atoms with E-state index in [4.69, 9.17) is 10.2 Å². The van der Waals surface area contributed by atoms with Gasteiger partial charge in [-0.25, -0.2) is 0 Å². The zero-order chi connectivity index (χ0) is 12.3. The van der Waals surface area contributed by atoms with Crippen molar-refractivity contribution in [2.24, 2.45) is 5.73 Å². The van der Waals surface area contributed by atoms with E-state index in [2.05, 4.69) is 5.32 Å². The molecule has 3 N–H and O–H groups in total. The molecular formula is C13H20N2O2. The number of aryl methyl sites for hydroxylation is 1. The highest BCUT2D eigenvalue weighted by atomic mass is 16.3. The Morgan fingerprint density at radius 3 is 3.29 bits per heavy atom. The lowest BCUT2D eigenvalue weighted by atomic mass is 9.93. The van der Waals surface area contributed by atoms with E-state index in [-0.39, 0.29) is 11.9 Å². The predicted molar refractivity (Wildman–Crippen MR) is 65.4 cm³/mol. The van der Waals surface area contributed by atoms with Crippen LogP contribution in [-0.2, 0) is 11.2 Å². The molecule has 1 aliphatic rings. The third-order valence-corrected chi connectivity index (χ3v) is 3.30. The third-order valence-electron chi connectivity index (χ3n) is 3.30. The number of furan rings is 1. The second-order valence-corrected chi connectivity index (χ2v) is 4.65. The summed E-state index contributed by atoms with van der Waals surface area (Å²) in [7, 11) is 0. The number of hydrogen-bond acceptors (Lipinski definition) is 3. The molecule has 1 amide bonds. The summed E-state index contributed by atoms with van der Waals surface area (Å²) < 4.78 is 5.39. The maximum Gasteiger partial charge on any atom is 0.237 e. The van der Waals surface area contributed by atoms with Gasteiger partial charge < -0.3 is 15.5 Å². The van der Waals surface area contributed by atoms with E-state index in [1.54, 1.807) is 6.26 Å². The maximum atomic E-state index is 11.9. The minimum atomic E-state index is -0.391. The molecule has 1 aliphatic carbocycles. The Hall–Kier alpha value is -1.29. The molecule has 1 aromatic heterocycles. The summed E-state index contributed by atoms with van der Waals surface area (Å²) in [6, 6.07) is 1.63. The standard InChI is InChI=1S/C13H20N2O2/c1-2-4-10(14)13(16)15-11-5-3-6-12-9(11)7-8-17-12/h7-8,10-11H,2-6,14H2,1H3,(H,15,16). The Balaban J connectivity index is 1.99. The minimum absolute atomic E-state index is 0.0501. The van der Waals surface area contributed by atoms with Gasteiger partial charge in [-0.3, -0.25) is 4.79 Å². The van der Waals surface area contributed by atoms with Crippen molar-refractivity contribution in [2.75, 3.05) is 0 Å². The Morgan fingerprint density at radius 2 is 2.53 bits per heavy atom. The van der Waals surface area contributed by atoms with Crippen molar-refractivity contribution in [3.05, 3.63) is 23.7 Å². The van der Waals surface area contributed by atoms with E-state index in [1.807, 2.05) is 13.0 Å². The molecule has 2 atom stereocenters. The van der Waals surface area contributed by atoms with E-state index in [1.165, 1.54) is 0 Å². The van der Waals surface area contributed by atoms with Crippen LogP contribution >= 0.6 is 0 Å².